The number of imidazole rings is 1. The lowest BCUT2D eigenvalue weighted by Gasteiger charge is -2.32. The number of benzene rings is 1. The van der Waals surface area contributed by atoms with Crippen LogP contribution in [0.3, 0.4) is 0 Å². The SMILES string of the molecule is CC(C)(C)OC(=O)N[C@H]1CCC[C@@H](n2c(-c3ccccc3F)nc3cnc(Br)cc32)C1. The van der Waals surface area contributed by atoms with Crippen LogP contribution in [-0.2, 0) is 4.74 Å². The summed E-state index contributed by atoms with van der Waals surface area (Å²) in [5, 5.41) is 3.01. The first-order valence-electron chi connectivity index (χ1n) is 10.5. The van der Waals surface area contributed by atoms with Crippen LogP contribution in [0.15, 0.2) is 41.1 Å². The van der Waals surface area contributed by atoms with Gasteiger partial charge in [-0.3, -0.25) is 0 Å². The van der Waals surface area contributed by atoms with Gasteiger partial charge in [0.05, 0.1) is 17.3 Å². The summed E-state index contributed by atoms with van der Waals surface area (Å²) in [6, 6.07) is 8.62. The van der Waals surface area contributed by atoms with E-state index in [-0.39, 0.29) is 17.9 Å². The van der Waals surface area contributed by atoms with E-state index in [2.05, 4.69) is 30.8 Å². The predicted molar refractivity (Wildman–Crippen MR) is 121 cm³/mol. The van der Waals surface area contributed by atoms with Gasteiger partial charge in [-0.1, -0.05) is 12.1 Å². The Morgan fingerprint density at radius 2 is 2.06 bits per heavy atom. The van der Waals surface area contributed by atoms with E-state index in [9.17, 15) is 9.18 Å². The van der Waals surface area contributed by atoms with E-state index in [4.69, 9.17) is 9.72 Å². The first-order chi connectivity index (χ1) is 14.7. The highest BCUT2D eigenvalue weighted by Gasteiger charge is 2.29. The number of hydrogen-bond acceptors (Lipinski definition) is 4. The summed E-state index contributed by atoms with van der Waals surface area (Å²) in [6.07, 6.45) is 4.73. The summed E-state index contributed by atoms with van der Waals surface area (Å²) < 4.78 is 22.9. The van der Waals surface area contributed by atoms with Crippen LogP contribution in [0.1, 0.15) is 52.5 Å². The Labute approximate surface area is 189 Å². The van der Waals surface area contributed by atoms with Crippen LogP contribution in [0.5, 0.6) is 0 Å². The molecule has 1 fully saturated rings. The van der Waals surface area contributed by atoms with Gasteiger partial charge in [0.15, 0.2) is 0 Å². The molecule has 1 amide bonds. The van der Waals surface area contributed by atoms with Gasteiger partial charge < -0.3 is 14.6 Å². The minimum atomic E-state index is -0.546. The number of fused-ring (bicyclic) bond motifs is 1. The summed E-state index contributed by atoms with van der Waals surface area (Å²) in [5.74, 6) is 0.265. The first-order valence-corrected chi connectivity index (χ1v) is 11.3. The molecule has 4 rings (SSSR count). The third-order valence-corrected chi connectivity index (χ3v) is 5.82. The second-order valence-corrected chi connectivity index (χ2v) is 9.76. The second kappa shape index (κ2) is 8.57. The zero-order chi connectivity index (χ0) is 22.2. The van der Waals surface area contributed by atoms with Gasteiger partial charge in [-0.2, -0.15) is 0 Å². The Balaban J connectivity index is 1.69. The van der Waals surface area contributed by atoms with Crippen LogP contribution in [0.25, 0.3) is 22.4 Å². The Kier molecular flexibility index (Phi) is 6.01. The van der Waals surface area contributed by atoms with Gasteiger partial charge in [-0.15, -0.1) is 0 Å². The van der Waals surface area contributed by atoms with E-state index in [1.807, 2.05) is 32.9 Å². The monoisotopic (exact) mass is 488 g/mol. The van der Waals surface area contributed by atoms with Crippen LogP contribution < -0.4 is 5.32 Å². The van der Waals surface area contributed by atoms with Gasteiger partial charge in [-0.25, -0.2) is 19.2 Å². The normalized spacial score (nSPS) is 19.4. The average molecular weight is 489 g/mol. The fourth-order valence-electron chi connectivity index (χ4n) is 4.18. The number of pyridine rings is 1. The number of aromatic nitrogens is 3. The van der Waals surface area contributed by atoms with Crippen LogP contribution in [0.4, 0.5) is 9.18 Å². The van der Waals surface area contributed by atoms with Gasteiger partial charge in [0.1, 0.15) is 27.4 Å². The minimum Gasteiger partial charge on any atom is -0.444 e. The molecule has 2 heterocycles. The molecule has 31 heavy (non-hydrogen) atoms. The van der Waals surface area contributed by atoms with Crippen molar-refractivity contribution >= 4 is 33.1 Å². The molecule has 0 bridgehead atoms. The molecule has 0 unspecified atom stereocenters. The number of amides is 1. The number of hydrogen-bond donors (Lipinski definition) is 1. The second-order valence-electron chi connectivity index (χ2n) is 8.94. The lowest BCUT2D eigenvalue weighted by molar-refractivity contribution is 0.0486. The van der Waals surface area contributed by atoms with Gasteiger partial charge in [-0.05, 0) is 80.6 Å². The molecule has 3 aromatic rings. The minimum absolute atomic E-state index is 0.0233. The van der Waals surface area contributed by atoms with E-state index < -0.39 is 11.7 Å². The van der Waals surface area contributed by atoms with E-state index >= 15 is 0 Å². The maximum absolute atomic E-state index is 14.7. The number of alkyl carbamates (subject to hydrolysis) is 1. The zero-order valence-electron chi connectivity index (χ0n) is 17.9. The van der Waals surface area contributed by atoms with Crippen molar-refractivity contribution in [2.75, 3.05) is 0 Å². The summed E-state index contributed by atoms with van der Waals surface area (Å²) >= 11 is 3.44. The molecule has 0 aliphatic heterocycles. The van der Waals surface area contributed by atoms with E-state index in [0.29, 0.717) is 27.9 Å². The average Bonchev–Trinajstić information content (AvgIpc) is 3.05. The molecule has 1 saturated carbocycles. The highest BCUT2D eigenvalue weighted by atomic mass is 79.9. The van der Waals surface area contributed by atoms with Crippen molar-refractivity contribution in [3.63, 3.8) is 0 Å². The van der Waals surface area contributed by atoms with Crippen molar-refractivity contribution in [2.24, 2.45) is 0 Å². The third kappa shape index (κ3) is 4.89. The van der Waals surface area contributed by atoms with Crippen molar-refractivity contribution in [3.05, 3.63) is 46.9 Å². The van der Waals surface area contributed by atoms with Gasteiger partial charge in [0, 0.05) is 12.1 Å². The maximum atomic E-state index is 14.7. The molecule has 0 saturated heterocycles. The number of carbonyl (C=O) groups is 1. The van der Waals surface area contributed by atoms with Crippen molar-refractivity contribution in [1.82, 2.24) is 19.9 Å². The summed E-state index contributed by atoms with van der Waals surface area (Å²) in [6.45, 7) is 5.54. The lowest BCUT2D eigenvalue weighted by Crippen LogP contribution is -2.41. The first kappa shape index (κ1) is 21.7. The van der Waals surface area contributed by atoms with E-state index in [1.165, 1.54) is 6.07 Å². The molecule has 164 valence electrons. The molecule has 1 N–H and O–H groups in total. The number of halogens is 2. The van der Waals surface area contributed by atoms with Crippen molar-refractivity contribution in [3.8, 4) is 11.4 Å². The molecule has 8 heteroatoms. The molecule has 1 aliphatic carbocycles. The smallest absolute Gasteiger partial charge is 0.407 e. The maximum Gasteiger partial charge on any atom is 0.407 e. The number of nitrogens with zero attached hydrogens (tertiary/aromatic N) is 3. The number of nitrogens with one attached hydrogen (secondary N) is 1. The topological polar surface area (TPSA) is 69.0 Å². The molecule has 1 aromatic carbocycles. The molecule has 0 radical (unpaired) electrons. The highest BCUT2D eigenvalue weighted by Crippen LogP contribution is 2.37. The number of ether oxygens (including phenoxy) is 1. The Hall–Kier alpha value is -2.48. The predicted octanol–water partition coefficient (Wildman–Crippen LogP) is 6.01. The van der Waals surface area contributed by atoms with E-state index in [0.717, 1.165) is 24.8 Å². The van der Waals surface area contributed by atoms with E-state index in [1.54, 1.807) is 18.3 Å². The van der Waals surface area contributed by atoms with Gasteiger partial charge in [0.2, 0.25) is 0 Å². The molecule has 1 aliphatic rings. The number of carbonyl (C=O) groups excluding carboxylic acids is 1. The summed E-state index contributed by atoms with van der Waals surface area (Å²) in [5.41, 5.74) is 1.51. The summed E-state index contributed by atoms with van der Waals surface area (Å²) in [4.78, 5) is 21.3. The number of rotatable bonds is 3. The van der Waals surface area contributed by atoms with Crippen LogP contribution in [-0.4, -0.2) is 32.3 Å². The summed E-state index contributed by atoms with van der Waals surface area (Å²) in [7, 11) is 0. The Morgan fingerprint density at radius 1 is 1.29 bits per heavy atom. The van der Waals surface area contributed by atoms with Crippen molar-refractivity contribution < 1.29 is 13.9 Å². The van der Waals surface area contributed by atoms with Gasteiger partial charge in [0.25, 0.3) is 0 Å². The molecular formula is C23H26BrFN4O2. The molecule has 6 nitrogen and oxygen atoms in total. The van der Waals surface area contributed by atoms with Gasteiger partial charge >= 0.3 is 6.09 Å². The van der Waals surface area contributed by atoms with Crippen LogP contribution in [0, 0.1) is 5.82 Å². The van der Waals surface area contributed by atoms with Crippen molar-refractivity contribution in [1.29, 1.82) is 0 Å². The molecule has 2 aromatic heterocycles. The highest BCUT2D eigenvalue weighted by molar-refractivity contribution is 9.10. The largest absolute Gasteiger partial charge is 0.444 e. The standard InChI is InChI=1S/C23H26BrFN4O2/c1-23(2,3)31-22(30)27-14-7-6-8-15(11-14)29-19-12-20(24)26-13-18(19)28-21(29)16-9-4-5-10-17(16)25/h4-5,9-10,12-15H,6-8,11H2,1-3H3,(H,27,30)/t14-,15+/m0/s1. The molecule has 2 atom stereocenters. The quantitative estimate of drug-likeness (QED) is 0.458. The lowest BCUT2D eigenvalue weighted by atomic mass is 9.90. The molecule has 0 spiro atoms. The Bertz CT molecular complexity index is 1110. The Morgan fingerprint density at radius 3 is 2.81 bits per heavy atom. The zero-order valence-corrected chi connectivity index (χ0v) is 19.4. The molecular weight excluding hydrogens is 463 g/mol. The van der Waals surface area contributed by atoms with Crippen LogP contribution >= 0.6 is 15.9 Å². The third-order valence-electron chi connectivity index (χ3n) is 5.39. The fraction of sp³-hybridized carbons (Fsp3) is 0.435. The fourth-order valence-corrected chi connectivity index (χ4v) is 4.50. The van der Waals surface area contributed by atoms with Crippen LogP contribution in [0.2, 0.25) is 0 Å². The van der Waals surface area contributed by atoms with Crippen molar-refractivity contribution in [2.45, 2.75) is 64.1 Å².